The lowest BCUT2D eigenvalue weighted by Crippen LogP contribution is -2.12. The predicted octanol–water partition coefficient (Wildman–Crippen LogP) is 2.95. The molecule has 2 rings (SSSR count). The molecule has 18 heavy (non-hydrogen) atoms. The number of nitrogens with one attached hydrogen (secondary N) is 1. The normalized spacial score (nSPS) is 11.3. The number of nitrogens with zero attached hydrogens (tertiary/aromatic N) is 1. The summed E-state index contributed by atoms with van der Waals surface area (Å²) in [7, 11) is 0. The summed E-state index contributed by atoms with van der Waals surface area (Å²) in [5.74, 6) is -0.535. The van der Waals surface area contributed by atoms with Crippen LogP contribution in [0, 0.1) is 0 Å². The molecule has 1 aromatic heterocycles. The van der Waals surface area contributed by atoms with Gasteiger partial charge in [-0.05, 0) is 24.3 Å². The zero-order valence-corrected chi connectivity index (χ0v) is 8.86. The summed E-state index contributed by atoms with van der Waals surface area (Å²) in [6, 6.07) is 3.91. The summed E-state index contributed by atoms with van der Waals surface area (Å²) in [5, 5.41) is 5.80. The molecule has 0 radical (unpaired) electrons. The SMILES string of the molecule is O=C(Nc1cnoc1)c1ccc(C(F)(F)F)cc1. The average molecular weight is 256 g/mol. The number of hydrogen-bond acceptors (Lipinski definition) is 3. The molecule has 94 valence electrons. The third-order valence-electron chi connectivity index (χ3n) is 2.16. The van der Waals surface area contributed by atoms with Gasteiger partial charge in [0, 0.05) is 5.56 Å². The van der Waals surface area contributed by atoms with E-state index in [0.29, 0.717) is 5.69 Å². The highest BCUT2D eigenvalue weighted by Crippen LogP contribution is 2.29. The van der Waals surface area contributed by atoms with E-state index in [1.54, 1.807) is 0 Å². The van der Waals surface area contributed by atoms with Crippen LogP contribution in [0.2, 0.25) is 0 Å². The highest BCUT2D eigenvalue weighted by atomic mass is 19.4. The fraction of sp³-hybridized carbons (Fsp3) is 0.0909. The molecule has 0 saturated carbocycles. The molecule has 0 aliphatic carbocycles. The van der Waals surface area contributed by atoms with Crippen molar-refractivity contribution >= 4 is 11.6 Å². The molecule has 0 saturated heterocycles. The fourth-order valence-electron chi connectivity index (χ4n) is 1.28. The third kappa shape index (κ3) is 2.68. The molecule has 0 aliphatic rings. The smallest absolute Gasteiger partial charge is 0.363 e. The van der Waals surface area contributed by atoms with Crippen LogP contribution in [0.25, 0.3) is 0 Å². The van der Waals surface area contributed by atoms with Crippen molar-refractivity contribution in [2.75, 3.05) is 5.32 Å². The Morgan fingerprint density at radius 1 is 1.22 bits per heavy atom. The lowest BCUT2D eigenvalue weighted by atomic mass is 10.1. The summed E-state index contributed by atoms with van der Waals surface area (Å²) in [5.41, 5.74) is -0.354. The van der Waals surface area contributed by atoms with E-state index in [1.165, 1.54) is 12.5 Å². The summed E-state index contributed by atoms with van der Waals surface area (Å²) < 4.78 is 41.4. The van der Waals surface area contributed by atoms with Crippen molar-refractivity contribution in [3.05, 3.63) is 47.9 Å². The van der Waals surface area contributed by atoms with E-state index in [1.807, 2.05) is 0 Å². The first-order valence-corrected chi connectivity index (χ1v) is 4.85. The van der Waals surface area contributed by atoms with Gasteiger partial charge in [0.2, 0.25) is 0 Å². The van der Waals surface area contributed by atoms with Crippen LogP contribution < -0.4 is 5.32 Å². The van der Waals surface area contributed by atoms with E-state index in [-0.39, 0.29) is 5.56 Å². The monoisotopic (exact) mass is 256 g/mol. The van der Waals surface area contributed by atoms with Crippen molar-refractivity contribution in [2.24, 2.45) is 0 Å². The van der Waals surface area contributed by atoms with E-state index < -0.39 is 17.6 Å². The Morgan fingerprint density at radius 3 is 2.39 bits per heavy atom. The van der Waals surface area contributed by atoms with Crippen molar-refractivity contribution in [2.45, 2.75) is 6.18 Å². The predicted molar refractivity (Wildman–Crippen MR) is 55.9 cm³/mol. The minimum Gasteiger partial charge on any atom is -0.363 e. The largest absolute Gasteiger partial charge is 0.416 e. The maximum Gasteiger partial charge on any atom is 0.416 e. The Morgan fingerprint density at radius 2 is 1.89 bits per heavy atom. The number of alkyl halides is 3. The van der Waals surface area contributed by atoms with Crippen molar-refractivity contribution in [3.63, 3.8) is 0 Å². The number of hydrogen-bond donors (Lipinski definition) is 1. The Kier molecular flexibility index (Phi) is 3.05. The lowest BCUT2D eigenvalue weighted by molar-refractivity contribution is -0.137. The van der Waals surface area contributed by atoms with Gasteiger partial charge in [-0.3, -0.25) is 4.79 Å². The molecule has 0 unspecified atom stereocenters. The fourth-order valence-corrected chi connectivity index (χ4v) is 1.28. The molecule has 7 heteroatoms. The summed E-state index contributed by atoms with van der Waals surface area (Å²) in [4.78, 5) is 11.6. The summed E-state index contributed by atoms with van der Waals surface area (Å²) in [6.45, 7) is 0. The molecule has 1 aromatic carbocycles. The number of anilines is 1. The molecule has 0 atom stereocenters. The van der Waals surface area contributed by atoms with Gasteiger partial charge in [0.25, 0.3) is 5.91 Å². The van der Waals surface area contributed by atoms with E-state index in [9.17, 15) is 18.0 Å². The average Bonchev–Trinajstić information content (AvgIpc) is 2.81. The zero-order chi connectivity index (χ0) is 13.2. The topological polar surface area (TPSA) is 55.1 Å². The molecule has 0 bridgehead atoms. The second kappa shape index (κ2) is 4.52. The molecular formula is C11H7F3N2O2. The van der Waals surface area contributed by atoms with Gasteiger partial charge in [-0.15, -0.1) is 0 Å². The zero-order valence-electron chi connectivity index (χ0n) is 8.86. The van der Waals surface area contributed by atoms with Gasteiger partial charge in [0.1, 0.15) is 12.0 Å². The number of amides is 1. The highest BCUT2D eigenvalue weighted by molar-refractivity contribution is 6.04. The first-order valence-electron chi connectivity index (χ1n) is 4.85. The van der Waals surface area contributed by atoms with Crippen LogP contribution in [0.3, 0.4) is 0 Å². The van der Waals surface area contributed by atoms with Crippen LogP contribution in [0.4, 0.5) is 18.9 Å². The van der Waals surface area contributed by atoms with E-state index in [4.69, 9.17) is 0 Å². The molecule has 4 nitrogen and oxygen atoms in total. The van der Waals surface area contributed by atoms with Crippen LogP contribution in [0.1, 0.15) is 15.9 Å². The first-order chi connectivity index (χ1) is 8.47. The van der Waals surface area contributed by atoms with Crippen LogP contribution in [-0.4, -0.2) is 11.1 Å². The van der Waals surface area contributed by atoms with Crippen LogP contribution in [0.5, 0.6) is 0 Å². The van der Waals surface area contributed by atoms with E-state index in [0.717, 1.165) is 24.3 Å². The number of aromatic nitrogens is 1. The maximum absolute atomic E-state index is 12.3. The number of rotatable bonds is 2. The molecule has 0 spiro atoms. The second-order valence-electron chi connectivity index (χ2n) is 3.44. The molecular weight excluding hydrogens is 249 g/mol. The maximum atomic E-state index is 12.3. The molecule has 2 aromatic rings. The van der Waals surface area contributed by atoms with Gasteiger partial charge < -0.3 is 9.84 Å². The Hall–Kier alpha value is -2.31. The van der Waals surface area contributed by atoms with E-state index >= 15 is 0 Å². The second-order valence-corrected chi connectivity index (χ2v) is 3.44. The molecule has 1 N–H and O–H groups in total. The summed E-state index contributed by atoms with van der Waals surface area (Å²) >= 11 is 0. The highest BCUT2D eigenvalue weighted by Gasteiger charge is 2.30. The molecule has 0 fully saturated rings. The van der Waals surface area contributed by atoms with Gasteiger partial charge in [0.15, 0.2) is 0 Å². The van der Waals surface area contributed by atoms with Crippen LogP contribution in [0.15, 0.2) is 41.2 Å². The Balaban J connectivity index is 2.12. The number of carbonyl (C=O) groups is 1. The molecule has 0 aliphatic heterocycles. The van der Waals surface area contributed by atoms with Crippen molar-refractivity contribution in [3.8, 4) is 0 Å². The van der Waals surface area contributed by atoms with Gasteiger partial charge in [-0.25, -0.2) is 0 Å². The van der Waals surface area contributed by atoms with Crippen LogP contribution >= 0.6 is 0 Å². The molecule has 1 amide bonds. The Bertz CT molecular complexity index is 532. The van der Waals surface area contributed by atoms with Crippen molar-refractivity contribution < 1.29 is 22.5 Å². The standard InChI is InChI=1S/C11H7F3N2O2/c12-11(13,14)8-3-1-7(2-4-8)10(17)16-9-5-15-18-6-9/h1-6H,(H,16,17). The number of benzene rings is 1. The van der Waals surface area contributed by atoms with Crippen molar-refractivity contribution in [1.82, 2.24) is 5.16 Å². The third-order valence-corrected chi connectivity index (χ3v) is 2.16. The lowest BCUT2D eigenvalue weighted by Gasteiger charge is -2.07. The molecule has 1 heterocycles. The Labute approximate surface area is 99.4 Å². The van der Waals surface area contributed by atoms with Gasteiger partial charge in [-0.1, -0.05) is 5.16 Å². The minimum atomic E-state index is -4.41. The van der Waals surface area contributed by atoms with Gasteiger partial charge in [0.05, 0.1) is 11.8 Å². The van der Waals surface area contributed by atoms with Gasteiger partial charge in [-0.2, -0.15) is 13.2 Å². The van der Waals surface area contributed by atoms with Gasteiger partial charge >= 0.3 is 6.18 Å². The number of halogens is 3. The first kappa shape index (κ1) is 12.2. The minimum absolute atomic E-state index is 0.115. The van der Waals surface area contributed by atoms with Crippen LogP contribution in [-0.2, 0) is 6.18 Å². The quantitative estimate of drug-likeness (QED) is 0.898. The van der Waals surface area contributed by atoms with Crippen molar-refractivity contribution in [1.29, 1.82) is 0 Å². The summed E-state index contributed by atoms with van der Waals surface area (Å²) in [6.07, 6.45) is -1.92. The van der Waals surface area contributed by atoms with E-state index in [2.05, 4.69) is 15.0 Å². The number of carbonyl (C=O) groups excluding carboxylic acids is 1.